The fourth-order valence-corrected chi connectivity index (χ4v) is 15.8. The van der Waals surface area contributed by atoms with Crippen LogP contribution in [0.3, 0.4) is 0 Å². The Morgan fingerprint density at radius 2 is 1.25 bits per heavy atom. The summed E-state index contributed by atoms with van der Waals surface area (Å²) in [6, 6.07) is 0. The molecule has 0 saturated carbocycles. The molecule has 2 heterocycles. The Morgan fingerprint density at radius 1 is 0.833 bits per heavy atom. The first-order chi connectivity index (χ1) is 5.75. The monoisotopic (exact) mass is 464 g/mol. The molecule has 12 heavy (non-hydrogen) atoms. The van der Waals surface area contributed by atoms with Crippen molar-refractivity contribution in [3.63, 3.8) is 0 Å². The van der Waals surface area contributed by atoms with Gasteiger partial charge in [0.1, 0.15) is 0 Å². The third kappa shape index (κ3) is 2.47. The third-order valence-corrected chi connectivity index (χ3v) is 16.9. The summed E-state index contributed by atoms with van der Waals surface area (Å²) in [5.74, 6) is 0. The Labute approximate surface area is 106 Å². The predicted molar refractivity (Wildman–Crippen MR) is 57.9 cm³/mol. The van der Waals surface area contributed by atoms with Crippen molar-refractivity contribution in [2.45, 2.75) is 0 Å². The van der Waals surface area contributed by atoms with Gasteiger partial charge in [0, 0.05) is 0 Å². The first-order valence-electron chi connectivity index (χ1n) is 2.90. The quantitative estimate of drug-likeness (QED) is 0.474. The van der Waals surface area contributed by atoms with Crippen molar-refractivity contribution in [2.24, 2.45) is 0 Å². The summed E-state index contributed by atoms with van der Waals surface area (Å²) < 4.78 is 5.51. The van der Waals surface area contributed by atoms with E-state index in [0.29, 0.717) is 59.8 Å². The van der Waals surface area contributed by atoms with Crippen LogP contribution in [0.25, 0.3) is 0 Å². The van der Waals surface area contributed by atoms with Crippen LogP contribution >= 0.6 is 23.2 Å². The molecule has 0 bridgehead atoms. The van der Waals surface area contributed by atoms with Crippen LogP contribution in [-0.4, -0.2) is 59.8 Å². The van der Waals surface area contributed by atoms with Gasteiger partial charge >= 0.3 is 108 Å². The fraction of sp³-hybridized carbons (Fsp3) is 0. The van der Waals surface area contributed by atoms with Crippen molar-refractivity contribution in [2.75, 3.05) is 0 Å². The molecule has 0 unspecified atom stereocenters. The first kappa shape index (κ1) is 10.4. The van der Waals surface area contributed by atoms with Gasteiger partial charge in [-0.3, -0.25) is 0 Å². The molecule has 0 nitrogen and oxygen atoms in total. The Morgan fingerprint density at radius 3 is 1.50 bits per heavy atom. The third-order valence-electron chi connectivity index (χ3n) is 1.06. The fourth-order valence-electron chi connectivity index (χ4n) is 0.653. The molecule has 0 fully saturated rings. The van der Waals surface area contributed by atoms with E-state index in [1.165, 1.54) is 0 Å². The van der Waals surface area contributed by atoms with Crippen LogP contribution in [0.4, 0.5) is 0 Å². The van der Waals surface area contributed by atoms with Gasteiger partial charge < -0.3 is 0 Å². The van der Waals surface area contributed by atoms with Crippen molar-refractivity contribution in [1.82, 2.24) is 0 Å². The van der Waals surface area contributed by atoms with E-state index >= 15 is 0 Å². The Bertz CT molecular complexity index is 275. The molecular formula is C6H2Cl2Se4. The molecule has 0 radical (unpaired) electrons. The van der Waals surface area contributed by atoms with Gasteiger partial charge in [-0.05, 0) is 0 Å². The van der Waals surface area contributed by atoms with E-state index in [9.17, 15) is 0 Å². The van der Waals surface area contributed by atoms with Gasteiger partial charge in [0.25, 0.3) is 0 Å². The minimum atomic E-state index is 0.468. The number of hydrogen-bond acceptors (Lipinski definition) is 0. The number of hydrogen-bond donors (Lipinski definition) is 0. The van der Waals surface area contributed by atoms with Gasteiger partial charge in [-0.25, -0.2) is 0 Å². The van der Waals surface area contributed by atoms with E-state index in [1.54, 1.807) is 6.74 Å². The molecule has 2 aliphatic rings. The molecule has 2 rings (SSSR count). The summed E-state index contributed by atoms with van der Waals surface area (Å²) in [7, 11) is 0. The van der Waals surface area contributed by atoms with Gasteiger partial charge in [-0.2, -0.15) is 0 Å². The SMILES string of the molecule is ClC1=C[Se]/C(=C2\[Se]C=C(Cl)[Se]2)[Se]1. The van der Waals surface area contributed by atoms with Gasteiger partial charge in [0.05, 0.1) is 0 Å². The molecule has 0 aliphatic carbocycles. The van der Waals surface area contributed by atoms with Crippen LogP contribution in [-0.2, 0) is 0 Å². The second-order valence-corrected chi connectivity index (χ2v) is 14.4. The molecule has 0 saturated heterocycles. The van der Waals surface area contributed by atoms with Crippen molar-refractivity contribution in [3.05, 3.63) is 24.6 Å². The normalized spacial score (nSPS) is 29.2. The zero-order chi connectivity index (χ0) is 8.55. The molecule has 0 atom stereocenters. The average molecular weight is 461 g/mol. The predicted octanol–water partition coefficient (Wildman–Crippen LogP) is 1.03. The molecule has 0 spiro atoms. The molecule has 0 aromatic rings. The van der Waals surface area contributed by atoms with E-state index in [4.69, 9.17) is 23.2 Å². The van der Waals surface area contributed by atoms with Crippen molar-refractivity contribution >= 4 is 83.0 Å². The van der Waals surface area contributed by atoms with Crippen LogP contribution in [0.15, 0.2) is 24.6 Å². The van der Waals surface area contributed by atoms with Gasteiger partial charge in [0.2, 0.25) is 0 Å². The van der Waals surface area contributed by atoms with Crippen LogP contribution in [0.2, 0.25) is 0 Å². The Kier molecular flexibility index (Phi) is 3.98. The summed E-state index contributed by atoms with van der Waals surface area (Å²) in [4.78, 5) is 4.41. The Hall–Kier alpha value is 1.88. The molecular weight excluding hydrogens is 459 g/mol. The second-order valence-electron chi connectivity index (χ2n) is 1.86. The van der Waals surface area contributed by atoms with Gasteiger partial charge in [-0.15, -0.1) is 0 Å². The Balaban J connectivity index is 2.11. The zero-order valence-electron chi connectivity index (χ0n) is 5.54. The van der Waals surface area contributed by atoms with Crippen molar-refractivity contribution in [1.29, 1.82) is 0 Å². The van der Waals surface area contributed by atoms with E-state index < -0.39 is 0 Å². The summed E-state index contributed by atoms with van der Waals surface area (Å²) >= 11 is 14.0. The molecule has 6 heteroatoms. The van der Waals surface area contributed by atoms with E-state index in [1.807, 2.05) is 0 Å². The van der Waals surface area contributed by atoms with E-state index in [0.717, 1.165) is 7.86 Å². The summed E-state index contributed by atoms with van der Waals surface area (Å²) in [6.45, 7) is 0. The maximum absolute atomic E-state index is 5.96. The molecule has 0 aromatic carbocycles. The van der Waals surface area contributed by atoms with Crippen LogP contribution in [0.5, 0.6) is 0 Å². The van der Waals surface area contributed by atoms with Crippen LogP contribution < -0.4 is 0 Å². The number of halogens is 2. The summed E-state index contributed by atoms with van der Waals surface area (Å²) in [6.07, 6.45) is 0. The van der Waals surface area contributed by atoms with Gasteiger partial charge in [0.15, 0.2) is 0 Å². The maximum atomic E-state index is 5.96. The molecule has 64 valence electrons. The van der Waals surface area contributed by atoms with E-state index in [-0.39, 0.29) is 0 Å². The minimum absolute atomic E-state index is 0.468. The summed E-state index contributed by atoms with van der Waals surface area (Å²) in [5.41, 5.74) is 0. The molecule has 0 aromatic heterocycles. The van der Waals surface area contributed by atoms with Crippen molar-refractivity contribution < 1.29 is 0 Å². The topological polar surface area (TPSA) is 0 Å². The van der Waals surface area contributed by atoms with Crippen LogP contribution in [0, 0.1) is 0 Å². The van der Waals surface area contributed by atoms with Crippen LogP contribution in [0.1, 0.15) is 0 Å². The molecule has 0 N–H and O–H groups in total. The second kappa shape index (κ2) is 4.60. The number of rotatable bonds is 0. The first-order valence-corrected chi connectivity index (χ1v) is 10.8. The zero-order valence-corrected chi connectivity index (χ0v) is 13.9. The van der Waals surface area contributed by atoms with Gasteiger partial charge in [-0.1, -0.05) is 0 Å². The molecule has 2 aliphatic heterocycles. The standard InChI is InChI=1S/C6H2Cl2Se4/c7-3-1-9-5(11-3)6-10-2-4(8)12-6/h1-2H/b6-5-. The van der Waals surface area contributed by atoms with E-state index in [2.05, 4.69) is 9.95 Å². The van der Waals surface area contributed by atoms with Crippen molar-refractivity contribution in [3.8, 4) is 0 Å². The molecule has 0 amide bonds. The summed E-state index contributed by atoms with van der Waals surface area (Å²) in [5, 5.41) is 0. The average Bonchev–Trinajstić information content (AvgIpc) is 2.58.